The van der Waals surface area contributed by atoms with Crippen molar-refractivity contribution < 1.29 is 0 Å². The highest BCUT2D eigenvalue weighted by Crippen LogP contribution is 2.33. The molecule has 2 aliphatic heterocycles. The van der Waals surface area contributed by atoms with Crippen molar-refractivity contribution in [3.8, 4) is 0 Å². The van der Waals surface area contributed by atoms with Gasteiger partial charge < -0.3 is 0 Å². The van der Waals surface area contributed by atoms with Crippen molar-refractivity contribution in [1.82, 2.24) is 9.13 Å². The highest BCUT2D eigenvalue weighted by molar-refractivity contribution is 5.84. The number of nitrogens with zero attached hydrogens (tertiary/aromatic N) is 2. The third kappa shape index (κ3) is 1.05. The second-order valence-corrected chi connectivity index (χ2v) is 5.38. The van der Waals surface area contributed by atoms with E-state index in [-0.39, 0.29) is 5.69 Å². The van der Waals surface area contributed by atoms with Crippen molar-refractivity contribution in [2.75, 3.05) is 0 Å². The Labute approximate surface area is 99.7 Å². The molecule has 0 saturated carbocycles. The average molecular weight is 228 g/mol. The Hall–Kier alpha value is -1.51. The number of imidazole rings is 1. The average Bonchev–Trinajstić information content (AvgIpc) is 2.66. The minimum atomic E-state index is 0.209. The lowest BCUT2D eigenvalue weighted by molar-refractivity contribution is 0.475. The molecule has 0 saturated heterocycles. The normalized spacial score (nSPS) is 22.1. The fraction of sp³-hybridized carbons (Fsp3) is 0.500. The largest absolute Gasteiger partial charge is 0.329 e. The highest BCUT2D eigenvalue weighted by atomic mass is 16.1. The Morgan fingerprint density at radius 1 is 1.18 bits per heavy atom. The van der Waals surface area contributed by atoms with Gasteiger partial charge in [-0.3, -0.25) is 9.13 Å². The maximum atomic E-state index is 12.5. The fourth-order valence-corrected chi connectivity index (χ4v) is 3.50. The van der Waals surface area contributed by atoms with Gasteiger partial charge in [0.2, 0.25) is 0 Å². The molecule has 17 heavy (non-hydrogen) atoms. The first-order chi connectivity index (χ1) is 8.27. The molecule has 0 aliphatic carbocycles. The van der Waals surface area contributed by atoms with Gasteiger partial charge in [0.25, 0.3) is 0 Å². The molecule has 2 aliphatic rings. The van der Waals surface area contributed by atoms with Gasteiger partial charge in [-0.05, 0) is 43.7 Å². The standard InChI is InChI=1S/C14H16N2O/c1-9-4-5-11-7-6-10-3-2-8-15-12(10)13(11)16(9)14(15)17/h6-7,9H,2-5,8H2,1H3/t9-/m1/s1. The molecule has 0 N–H and O–H groups in total. The Balaban J connectivity index is 2.27. The van der Waals surface area contributed by atoms with E-state index in [2.05, 4.69) is 19.1 Å². The highest BCUT2D eigenvalue weighted by Gasteiger charge is 2.27. The van der Waals surface area contributed by atoms with Crippen LogP contribution in [-0.4, -0.2) is 9.13 Å². The van der Waals surface area contributed by atoms with Gasteiger partial charge in [-0.25, -0.2) is 4.79 Å². The molecular formula is C14H16N2O. The Kier molecular flexibility index (Phi) is 1.70. The molecule has 1 atom stereocenters. The van der Waals surface area contributed by atoms with E-state index in [0.29, 0.717) is 6.04 Å². The number of rotatable bonds is 0. The maximum absolute atomic E-state index is 12.5. The molecule has 0 radical (unpaired) electrons. The number of aromatic nitrogens is 2. The van der Waals surface area contributed by atoms with E-state index in [1.807, 2.05) is 9.13 Å². The van der Waals surface area contributed by atoms with Gasteiger partial charge in [0.1, 0.15) is 0 Å². The Bertz CT molecular complexity index is 678. The molecule has 0 unspecified atom stereocenters. The predicted octanol–water partition coefficient (Wildman–Crippen LogP) is 2.26. The maximum Gasteiger partial charge on any atom is 0.329 e. The number of benzene rings is 1. The second-order valence-electron chi connectivity index (χ2n) is 5.38. The van der Waals surface area contributed by atoms with E-state index in [4.69, 9.17) is 0 Å². The monoisotopic (exact) mass is 228 g/mol. The van der Waals surface area contributed by atoms with Crippen molar-refractivity contribution in [1.29, 1.82) is 0 Å². The van der Waals surface area contributed by atoms with Crippen molar-refractivity contribution >= 4 is 11.0 Å². The van der Waals surface area contributed by atoms with Gasteiger partial charge in [0.05, 0.1) is 11.0 Å². The summed E-state index contributed by atoms with van der Waals surface area (Å²) in [5.74, 6) is 0. The summed E-state index contributed by atoms with van der Waals surface area (Å²) in [7, 11) is 0. The molecule has 2 aromatic rings. The van der Waals surface area contributed by atoms with Crippen LogP contribution in [0.15, 0.2) is 16.9 Å². The van der Waals surface area contributed by atoms with Gasteiger partial charge in [-0.15, -0.1) is 0 Å². The van der Waals surface area contributed by atoms with Crippen molar-refractivity contribution in [2.45, 2.75) is 45.2 Å². The zero-order valence-electron chi connectivity index (χ0n) is 10.1. The number of hydrogen-bond acceptors (Lipinski definition) is 1. The molecule has 1 aromatic carbocycles. The first kappa shape index (κ1) is 9.51. The van der Waals surface area contributed by atoms with Crippen LogP contribution in [-0.2, 0) is 19.4 Å². The van der Waals surface area contributed by atoms with E-state index in [9.17, 15) is 4.79 Å². The first-order valence-electron chi connectivity index (χ1n) is 6.53. The molecule has 1 aromatic heterocycles. The summed E-state index contributed by atoms with van der Waals surface area (Å²) in [6, 6.07) is 4.81. The second kappa shape index (κ2) is 3.03. The molecule has 0 amide bonds. The SMILES string of the molecule is C[C@@H]1CCc2ccc3c4c2n1c(=O)n4CCC3. The lowest BCUT2D eigenvalue weighted by Crippen LogP contribution is -2.28. The number of aryl methyl sites for hydroxylation is 3. The molecule has 3 nitrogen and oxygen atoms in total. The molecular weight excluding hydrogens is 212 g/mol. The van der Waals surface area contributed by atoms with Crippen molar-refractivity contribution in [3.63, 3.8) is 0 Å². The summed E-state index contributed by atoms with van der Waals surface area (Å²) in [5.41, 5.74) is 5.39. The molecule has 0 bridgehead atoms. The van der Waals surface area contributed by atoms with Crippen LogP contribution in [0.1, 0.15) is 36.9 Å². The Morgan fingerprint density at radius 2 is 1.94 bits per heavy atom. The zero-order chi connectivity index (χ0) is 11.6. The molecule has 0 fully saturated rings. The predicted molar refractivity (Wildman–Crippen MR) is 67.6 cm³/mol. The van der Waals surface area contributed by atoms with E-state index < -0.39 is 0 Å². The van der Waals surface area contributed by atoms with Crippen molar-refractivity contribution in [2.24, 2.45) is 0 Å². The smallest absolute Gasteiger partial charge is 0.292 e. The van der Waals surface area contributed by atoms with Crippen LogP contribution >= 0.6 is 0 Å². The van der Waals surface area contributed by atoms with Gasteiger partial charge in [0.15, 0.2) is 0 Å². The minimum absolute atomic E-state index is 0.209. The minimum Gasteiger partial charge on any atom is -0.292 e. The molecule has 0 spiro atoms. The van der Waals surface area contributed by atoms with Crippen LogP contribution in [0.25, 0.3) is 11.0 Å². The third-order valence-electron chi connectivity index (χ3n) is 4.37. The zero-order valence-corrected chi connectivity index (χ0v) is 10.1. The third-order valence-corrected chi connectivity index (χ3v) is 4.37. The van der Waals surface area contributed by atoms with Crippen LogP contribution in [0, 0.1) is 0 Å². The Morgan fingerprint density at radius 3 is 2.76 bits per heavy atom. The van der Waals surface area contributed by atoms with Crippen LogP contribution in [0.5, 0.6) is 0 Å². The van der Waals surface area contributed by atoms with Crippen LogP contribution < -0.4 is 5.69 Å². The quantitative estimate of drug-likeness (QED) is 0.679. The summed E-state index contributed by atoms with van der Waals surface area (Å²) >= 11 is 0. The lowest BCUT2D eigenvalue weighted by atomic mass is 9.96. The molecule has 4 rings (SSSR count). The van der Waals surface area contributed by atoms with Gasteiger partial charge >= 0.3 is 5.69 Å². The van der Waals surface area contributed by atoms with E-state index in [1.54, 1.807) is 0 Å². The topological polar surface area (TPSA) is 26.9 Å². The summed E-state index contributed by atoms with van der Waals surface area (Å²) in [4.78, 5) is 12.5. The lowest BCUT2D eigenvalue weighted by Gasteiger charge is -2.21. The van der Waals surface area contributed by atoms with Gasteiger partial charge in [-0.2, -0.15) is 0 Å². The molecule has 88 valence electrons. The van der Waals surface area contributed by atoms with E-state index in [1.165, 1.54) is 22.2 Å². The van der Waals surface area contributed by atoms with Crippen LogP contribution in [0.4, 0.5) is 0 Å². The summed E-state index contributed by atoms with van der Waals surface area (Å²) in [5, 5.41) is 0. The van der Waals surface area contributed by atoms with Crippen LogP contribution in [0.3, 0.4) is 0 Å². The first-order valence-corrected chi connectivity index (χ1v) is 6.53. The van der Waals surface area contributed by atoms with Crippen LogP contribution in [0.2, 0.25) is 0 Å². The fourth-order valence-electron chi connectivity index (χ4n) is 3.50. The van der Waals surface area contributed by atoms with Gasteiger partial charge in [0, 0.05) is 12.6 Å². The van der Waals surface area contributed by atoms with Crippen molar-refractivity contribution in [3.05, 3.63) is 33.7 Å². The van der Waals surface area contributed by atoms with E-state index >= 15 is 0 Å². The summed E-state index contributed by atoms with van der Waals surface area (Å²) in [6.45, 7) is 3.06. The summed E-state index contributed by atoms with van der Waals surface area (Å²) < 4.78 is 4.03. The number of hydrogen-bond donors (Lipinski definition) is 0. The molecule has 3 heterocycles. The molecule has 3 heteroatoms. The summed E-state index contributed by atoms with van der Waals surface area (Å²) in [6.07, 6.45) is 4.42. The van der Waals surface area contributed by atoms with Gasteiger partial charge in [-0.1, -0.05) is 12.1 Å². The van der Waals surface area contributed by atoms with E-state index in [0.717, 1.165) is 32.2 Å².